The Balaban J connectivity index is 1.83. The molecule has 3 rings (SSSR count). The standard InChI is InChI=1S/C13H17NO2/c1-2-3-6-14-12(15)10-8-4-5-9(7-8)11(10)13(14)16/h4-5,8-11H,2-3,6-7H2,1H3/t8-,9-,10-,11-/m0/s1. The fourth-order valence-electron chi connectivity index (χ4n) is 3.50. The molecule has 2 fully saturated rings. The highest BCUT2D eigenvalue weighted by Gasteiger charge is 2.58. The molecule has 1 heterocycles. The summed E-state index contributed by atoms with van der Waals surface area (Å²) in [6.07, 6.45) is 7.26. The van der Waals surface area contributed by atoms with E-state index in [0.717, 1.165) is 19.3 Å². The summed E-state index contributed by atoms with van der Waals surface area (Å²) in [6.45, 7) is 2.71. The van der Waals surface area contributed by atoms with Gasteiger partial charge in [0.2, 0.25) is 11.8 Å². The molecule has 0 radical (unpaired) electrons. The van der Waals surface area contributed by atoms with E-state index >= 15 is 0 Å². The molecule has 4 atom stereocenters. The number of amides is 2. The summed E-state index contributed by atoms with van der Waals surface area (Å²) in [5, 5.41) is 0. The van der Waals surface area contributed by atoms with E-state index in [4.69, 9.17) is 0 Å². The van der Waals surface area contributed by atoms with Gasteiger partial charge in [0.25, 0.3) is 0 Å². The van der Waals surface area contributed by atoms with Crippen LogP contribution in [0.25, 0.3) is 0 Å². The molecule has 3 nitrogen and oxygen atoms in total. The topological polar surface area (TPSA) is 37.4 Å². The van der Waals surface area contributed by atoms with Crippen LogP contribution in [0.4, 0.5) is 0 Å². The van der Waals surface area contributed by atoms with Gasteiger partial charge >= 0.3 is 0 Å². The van der Waals surface area contributed by atoms with Gasteiger partial charge in [0, 0.05) is 6.54 Å². The van der Waals surface area contributed by atoms with Crippen molar-refractivity contribution in [1.82, 2.24) is 4.90 Å². The number of carbonyl (C=O) groups excluding carboxylic acids is 2. The van der Waals surface area contributed by atoms with Crippen molar-refractivity contribution in [2.24, 2.45) is 23.7 Å². The molecule has 0 unspecified atom stereocenters. The summed E-state index contributed by atoms with van der Waals surface area (Å²) in [4.78, 5) is 25.8. The van der Waals surface area contributed by atoms with Gasteiger partial charge in [-0.3, -0.25) is 14.5 Å². The van der Waals surface area contributed by atoms with Gasteiger partial charge in [0.05, 0.1) is 11.8 Å². The van der Waals surface area contributed by atoms with Crippen LogP contribution in [0.3, 0.4) is 0 Å². The summed E-state index contributed by atoms with van der Waals surface area (Å²) < 4.78 is 0. The zero-order valence-electron chi connectivity index (χ0n) is 9.56. The quantitative estimate of drug-likeness (QED) is 0.534. The highest BCUT2D eigenvalue weighted by molar-refractivity contribution is 6.06. The molecule has 0 aromatic heterocycles. The molecule has 1 aliphatic heterocycles. The monoisotopic (exact) mass is 219 g/mol. The summed E-state index contributed by atoms with van der Waals surface area (Å²) in [5.41, 5.74) is 0. The van der Waals surface area contributed by atoms with Gasteiger partial charge in [-0.25, -0.2) is 0 Å². The second-order valence-electron chi connectivity index (χ2n) is 5.18. The van der Waals surface area contributed by atoms with E-state index in [1.165, 1.54) is 4.90 Å². The third-order valence-corrected chi connectivity index (χ3v) is 4.30. The second kappa shape index (κ2) is 3.44. The lowest BCUT2D eigenvalue weighted by Crippen LogP contribution is -2.33. The first kappa shape index (κ1) is 10.1. The molecule has 0 spiro atoms. The number of unbranched alkanes of at least 4 members (excludes halogenated alkanes) is 1. The van der Waals surface area contributed by atoms with Crippen molar-refractivity contribution >= 4 is 11.8 Å². The van der Waals surface area contributed by atoms with Crippen LogP contribution in [-0.4, -0.2) is 23.3 Å². The van der Waals surface area contributed by atoms with Gasteiger partial charge in [-0.05, 0) is 24.7 Å². The molecular formula is C13H17NO2. The van der Waals surface area contributed by atoms with Crippen LogP contribution in [-0.2, 0) is 9.59 Å². The minimum Gasteiger partial charge on any atom is -0.282 e. The van der Waals surface area contributed by atoms with E-state index in [0.29, 0.717) is 18.4 Å². The Hall–Kier alpha value is -1.12. The first-order valence-electron chi connectivity index (χ1n) is 6.27. The highest BCUT2D eigenvalue weighted by Crippen LogP contribution is 2.52. The van der Waals surface area contributed by atoms with Crippen LogP contribution in [0.5, 0.6) is 0 Å². The zero-order chi connectivity index (χ0) is 11.3. The lowest BCUT2D eigenvalue weighted by molar-refractivity contribution is -0.140. The Morgan fingerprint density at radius 1 is 1.19 bits per heavy atom. The predicted octanol–water partition coefficient (Wildman–Crippen LogP) is 1.59. The third-order valence-electron chi connectivity index (χ3n) is 4.30. The Kier molecular flexibility index (Phi) is 2.16. The number of rotatable bonds is 3. The number of hydrogen-bond donors (Lipinski definition) is 0. The molecule has 0 N–H and O–H groups in total. The number of imide groups is 1. The first-order valence-corrected chi connectivity index (χ1v) is 6.27. The molecule has 2 bridgehead atoms. The lowest BCUT2D eigenvalue weighted by Gasteiger charge is -2.16. The molecular weight excluding hydrogens is 202 g/mol. The molecule has 86 valence electrons. The number of nitrogens with zero attached hydrogens (tertiary/aromatic N) is 1. The van der Waals surface area contributed by atoms with Crippen LogP contribution >= 0.6 is 0 Å². The van der Waals surface area contributed by atoms with E-state index in [-0.39, 0.29) is 23.7 Å². The SMILES string of the molecule is CCCCN1C(=O)[C@@H]2[C@@H](C1=O)[C@H]1C=C[C@H]2C1. The molecule has 2 aliphatic carbocycles. The maximum atomic E-state index is 12.2. The largest absolute Gasteiger partial charge is 0.282 e. The van der Waals surface area contributed by atoms with Crippen molar-refractivity contribution in [3.63, 3.8) is 0 Å². The van der Waals surface area contributed by atoms with Crippen LogP contribution in [0.15, 0.2) is 12.2 Å². The summed E-state index contributed by atoms with van der Waals surface area (Å²) in [7, 11) is 0. The molecule has 0 aromatic rings. The van der Waals surface area contributed by atoms with Gasteiger partial charge in [-0.2, -0.15) is 0 Å². The molecule has 3 heteroatoms. The van der Waals surface area contributed by atoms with Gasteiger partial charge in [-0.15, -0.1) is 0 Å². The lowest BCUT2D eigenvalue weighted by atomic mass is 9.85. The average molecular weight is 219 g/mol. The molecule has 2 amide bonds. The Labute approximate surface area is 95.5 Å². The van der Waals surface area contributed by atoms with E-state index in [1.807, 2.05) is 0 Å². The third kappa shape index (κ3) is 1.14. The van der Waals surface area contributed by atoms with Gasteiger partial charge in [0.1, 0.15) is 0 Å². The van der Waals surface area contributed by atoms with Crippen LogP contribution in [0, 0.1) is 23.7 Å². The van der Waals surface area contributed by atoms with Gasteiger partial charge < -0.3 is 0 Å². The van der Waals surface area contributed by atoms with Gasteiger partial charge in [-0.1, -0.05) is 25.5 Å². The summed E-state index contributed by atoms with van der Waals surface area (Å²) >= 11 is 0. The van der Waals surface area contributed by atoms with Crippen molar-refractivity contribution in [3.05, 3.63) is 12.2 Å². The van der Waals surface area contributed by atoms with E-state index in [1.54, 1.807) is 0 Å². The summed E-state index contributed by atoms with van der Waals surface area (Å²) in [6, 6.07) is 0. The van der Waals surface area contributed by atoms with E-state index in [2.05, 4.69) is 19.1 Å². The predicted molar refractivity (Wildman–Crippen MR) is 59.3 cm³/mol. The minimum atomic E-state index is -0.0145. The highest BCUT2D eigenvalue weighted by atomic mass is 16.2. The number of likely N-dealkylation sites (tertiary alicyclic amines) is 1. The minimum absolute atomic E-state index is 0.0145. The number of carbonyl (C=O) groups is 2. The van der Waals surface area contributed by atoms with Crippen molar-refractivity contribution in [2.75, 3.05) is 6.54 Å². The molecule has 0 aromatic carbocycles. The Bertz CT molecular complexity index is 344. The van der Waals surface area contributed by atoms with Crippen molar-refractivity contribution in [2.45, 2.75) is 26.2 Å². The van der Waals surface area contributed by atoms with E-state index < -0.39 is 0 Å². The van der Waals surface area contributed by atoms with Crippen LogP contribution in [0.2, 0.25) is 0 Å². The maximum Gasteiger partial charge on any atom is 0.233 e. The van der Waals surface area contributed by atoms with Crippen LogP contribution < -0.4 is 0 Å². The normalized spacial score (nSPS) is 39.9. The Morgan fingerprint density at radius 2 is 1.75 bits per heavy atom. The van der Waals surface area contributed by atoms with Crippen LogP contribution in [0.1, 0.15) is 26.2 Å². The molecule has 3 aliphatic rings. The maximum absolute atomic E-state index is 12.2. The summed E-state index contributed by atoms with van der Waals surface area (Å²) in [5.74, 6) is 0.857. The van der Waals surface area contributed by atoms with Crippen molar-refractivity contribution < 1.29 is 9.59 Å². The molecule has 16 heavy (non-hydrogen) atoms. The fraction of sp³-hybridized carbons (Fsp3) is 0.692. The van der Waals surface area contributed by atoms with Gasteiger partial charge in [0.15, 0.2) is 0 Å². The smallest absolute Gasteiger partial charge is 0.233 e. The second-order valence-corrected chi connectivity index (χ2v) is 5.18. The zero-order valence-corrected chi connectivity index (χ0v) is 9.56. The number of hydrogen-bond acceptors (Lipinski definition) is 2. The number of fused-ring (bicyclic) bond motifs is 5. The fourth-order valence-corrected chi connectivity index (χ4v) is 3.50. The van der Waals surface area contributed by atoms with Crippen molar-refractivity contribution in [1.29, 1.82) is 0 Å². The number of allylic oxidation sites excluding steroid dienone is 2. The molecule has 1 saturated carbocycles. The van der Waals surface area contributed by atoms with E-state index in [9.17, 15) is 9.59 Å². The Morgan fingerprint density at radius 3 is 2.25 bits per heavy atom. The molecule has 1 saturated heterocycles. The average Bonchev–Trinajstić information content (AvgIpc) is 2.92. The van der Waals surface area contributed by atoms with Crippen molar-refractivity contribution in [3.8, 4) is 0 Å². The first-order chi connectivity index (χ1) is 7.74.